The van der Waals surface area contributed by atoms with Crippen molar-refractivity contribution < 1.29 is 0 Å². The Morgan fingerprint density at radius 3 is 3.11 bits per heavy atom. The highest BCUT2D eigenvalue weighted by Gasteiger charge is 2.21. The molecule has 4 heteroatoms. The molecule has 1 fully saturated rings. The van der Waals surface area contributed by atoms with Crippen molar-refractivity contribution in [2.24, 2.45) is 11.7 Å². The molecule has 2 aromatic rings. The fourth-order valence-corrected chi connectivity index (χ4v) is 3.53. The maximum Gasteiger partial charge on any atom is 0.134 e. The number of anilines is 1. The molecule has 1 aliphatic rings. The molecule has 2 heterocycles. The molecule has 0 aromatic carbocycles. The lowest BCUT2D eigenvalue weighted by molar-refractivity contribution is 0.321. The van der Waals surface area contributed by atoms with Gasteiger partial charge in [-0.1, -0.05) is 12.8 Å². The van der Waals surface area contributed by atoms with E-state index in [0.29, 0.717) is 12.0 Å². The highest BCUT2D eigenvalue weighted by molar-refractivity contribution is 7.17. The number of nitrogens with zero attached hydrogens (tertiary/aromatic N) is 1. The van der Waals surface area contributed by atoms with E-state index in [0.717, 1.165) is 12.4 Å². The van der Waals surface area contributed by atoms with Gasteiger partial charge in [-0.25, -0.2) is 4.98 Å². The van der Waals surface area contributed by atoms with Gasteiger partial charge in [0.05, 0.1) is 0 Å². The van der Waals surface area contributed by atoms with Crippen LogP contribution < -0.4 is 11.1 Å². The van der Waals surface area contributed by atoms with Gasteiger partial charge in [-0.15, -0.1) is 11.3 Å². The number of fused-ring (bicyclic) bond motifs is 1. The van der Waals surface area contributed by atoms with Crippen LogP contribution in [0.2, 0.25) is 0 Å². The summed E-state index contributed by atoms with van der Waals surface area (Å²) in [6.07, 6.45) is 6.89. The number of aromatic nitrogens is 1. The van der Waals surface area contributed by atoms with Crippen LogP contribution in [0, 0.1) is 5.92 Å². The summed E-state index contributed by atoms with van der Waals surface area (Å²) in [7, 11) is 0. The zero-order chi connectivity index (χ0) is 12.4. The van der Waals surface area contributed by atoms with E-state index >= 15 is 0 Å². The van der Waals surface area contributed by atoms with Gasteiger partial charge in [-0.05, 0) is 36.3 Å². The van der Waals surface area contributed by atoms with Crippen molar-refractivity contribution in [1.29, 1.82) is 0 Å². The second-order valence-electron chi connectivity index (χ2n) is 5.08. The predicted molar refractivity (Wildman–Crippen MR) is 78.0 cm³/mol. The number of rotatable bonds is 3. The smallest absolute Gasteiger partial charge is 0.134 e. The number of nitrogens with one attached hydrogen (secondary N) is 1. The molecule has 2 aromatic heterocycles. The molecule has 0 saturated heterocycles. The van der Waals surface area contributed by atoms with Gasteiger partial charge >= 0.3 is 0 Å². The third-order valence-electron chi connectivity index (χ3n) is 3.88. The van der Waals surface area contributed by atoms with Crippen molar-refractivity contribution in [3.8, 4) is 0 Å². The zero-order valence-electron chi connectivity index (χ0n) is 10.4. The van der Waals surface area contributed by atoms with E-state index in [1.807, 2.05) is 6.20 Å². The Morgan fingerprint density at radius 2 is 2.22 bits per heavy atom. The molecule has 2 atom stereocenters. The van der Waals surface area contributed by atoms with Crippen molar-refractivity contribution in [3.05, 3.63) is 23.7 Å². The molecule has 0 radical (unpaired) electrons. The predicted octanol–water partition coefficient (Wildman–Crippen LogP) is 3.23. The highest BCUT2D eigenvalue weighted by Crippen LogP contribution is 2.27. The molecule has 0 spiro atoms. The molecule has 96 valence electrons. The quantitative estimate of drug-likeness (QED) is 0.892. The molecule has 1 saturated carbocycles. The second-order valence-corrected chi connectivity index (χ2v) is 6.03. The van der Waals surface area contributed by atoms with E-state index in [1.165, 1.54) is 35.8 Å². The van der Waals surface area contributed by atoms with Gasteiger partial charge in [0.1, 0.15) is 5.82 Å². The number of nitrogens with two attached hydrogens (primary N) is 1. The van der Waals surface area contributed by atoms with Gasteiger partial charge in [0, 0.05) is 28.9 Å². The minimum absolute atomic E-state index is 0.355. The molecule has 0 amide bonds. The Morgan fingerprint density at radius 1 is 1.33 bits per heavy atom. The van der Waals surface area contributed by atoms with E-state index in [4.69, 9.17) is 5.73 Å². The normalized spacial score (nSPS) is 24.3. The minimum atomic E-state index is 0.355. The van der Waals surface area contributed by atoms with Gasteiger partial charge in [0.25, 0.3) is 0 Å². The lowest BCUT2D eigenvalue weighted by Crippen LogP contribution is -2.37. The standard InChI is InChI=1S/C14H19N3S/c15-12-4-2-1-3-10(12)9-17-14-11-6-8-18-13(11)5-7-16-14/h5-8,10,12H,1-4,9,15H2,(H,16,17). The molecule has 3 rings (SSSR count). The average Bonchev–Trinajstić information content (AvgIpc) is 2.86. The molecule has 1 aliphatic carbocycles. The first-order chi connectivity index (χ1) is 8.84. The van der Waals surface area contributed by atoms with Gasteiger partial charge in [0.15, 0.2) is 0 Å². The van der Waals surface area contributed by atoms with E-state index in [1.54, 1.807) is 11.3 Å². The highest BCUT2D eigenvalue weighted by atomic mass is 32.1. The van der Waals surface area contributed by atoms with Gasteiger partial charge < -0.3 is 11.1 Å². The molecule has 0 aliphatic heterocycles. The summed E-state index contributed by atoms with van der Waals surface area (Å²) >= 11 is 1.76. The molecule has 2 unspecified atom stereocenters. The number of thiophene rings is 1. The van der Waals surface area contributed by atoms with E-state index in [9.17, 15) is 0 Å². The van der Waals surface area contributed by atoms with Crippen molar-refractivity contribution >= 4 is 27.2 Å². The molecule has 0 bridgehead atoms. The van der Waals surface area contributed by atoms with Crippen molar-refractivity contribution in [2.45, 2.75) is 31.7 Å². The average molecular weight is 261 g/mol. The van der Waals surface area contributed by atoms with E-state index in [-0.39, 0.29) is 0 Å². The van der Waals surface area contributed by atoms with Crippen LogP contribution in [0.1, 0.15) is 25.7 Å². The zero-order valence-corrected chi connectivity index (χ0v) is 11.2. The number of hydrogen-bond donors (Lipinski definition) is 2. The Balaban J connectivity index is 1.71. The summed E-state index contributed by atoms with van der Waals surface area (Å²) in [5.41, 5.74) is 6.18. The lowest BCUT2D eigenvalue weighted by Gasteiger charge is -2.28. The van der Waals surface area contributed by atoms with Crippen molar-refractivity contribution in [1.82, 2.24) is 4.98 Å². The van der Waals surface area contributed by atoms with Crippen LogP contribution in [-0.4, -0.2) is 17.6 Å². The maximum atomic E-state index is 6.18. The number of pyridine rings is 1. The SMILES string of the molecule is NC1CCCCC1CNc1nccc2sccc12. The second kappa shape index (κ2) is 5.24. The van der Waals surface area contributed by atoms with Crippen LogP contribution >= 0.6 is 11.3 Å². The van der Waals surface area contributed by atoms with Gasteiger partial charge in [-0.2, -0.15) is 0 Å². The van der Waals surface area contributed by atoms with Crippen LogP contribution in [-0.2, 0) is 0 Å². The van der Waals surface area contributed by atoms with Gasteiger partial charge in [-0.3, -0.25) is 0 Å². The lowest BCUT2D eigenvalue weighted by atomic mass is 9.85. The van der Waals surface area contributed by atoms with Crippen molar-refractivity contribution in [3.63, 3.8) is 0 Å². The summed E-state index contributed by atoms with van der Waals surface area (Å²) in [4.78, 5) is 4.44. The topological polar surface area (TPSA) is 50.9 Å². The van der Waals surface area contributed by atoms with E-state index in [2.05, 4.69) is 27.8 Å². The third-order valence-corrected chi connectivity index (χ3v) is 4.76. The summed E-state index contributed by atoms with van der Waals surface area (Å²) in [6, 6.07) is 4.56. The fourth-order valence-electron chi connectivity index (χ4n) is 2.75. The Bertz CT molecular complexity index is 522. The maximum absolute atomic E-state index is 6.18. The molecule has 18 heavy (non-hydrogen) atoms. The Kier molecular flexibility index (Phi) is 3.48. The van der Waals surface area contributed by atoms with Crippen LogP contribution in [0.3, 0.4) is 0 Å². The van der Waals surface area contributed by atoms with Gasteiger partial charge in [0.2, 0.25) is 0 Å². The van der Waals surface area contributed by atoms with Crippen LogP contribution in [0.4, 0.5) is 5.82 Å². The number of hydrogen-bond acceptors (Lipinski definition) is 4. The summed E-state index contributed by atoms with van der Waals surface area (Å²) < 4.78 is 1.29. The van der Waals surface area contributed by atoms with Crippen LogP contribution in [0.5, 0.6) is 0 Å². The fraction of sp³-hybridized carbons (Fsp3) is 0.500. The van der Waals surface area contributed by atoms with E-state index < -0.39 is 0 Å². The molecule has 3 nitrogen and oxygen atoms in total. The monoisotopic (exact) mass is 261 g/mol. The minimum Gasteiger partial charge on any atom is -0.369 e. The first kappa shape index (κ1) is 11.9. The van der Waals surface area contributed by atoms with Crippen LogP contribution in [0.25, 0.3) is 10.1 Å². The summed E-state index contributed by atoms with van der Waals surface area (Å²) in [5.74, 6) is 1.60. The Labute approximate surface area is 111 Å². The summed E-state index contributed by atoms with van der Waals surface area (Å²) in [5, 5.41) is 6.83. The molecule has 3 N–H and O–H groups in total. The summed E-state index contributed by atoms with van der Waals surface area (Å²) in [6.45, 7) is 0.948. The van der Waals surface area contributed by atoms with Crippen LogP contribution in [0.15, 0.2) is 23.7 Å². The molecular formula is C14H19N3S. The largest absolute Gasteiger partial charge is 0.369 e. The first-order valence-electron chi connectivity index (χ1n) is 6.66. The third kappa shape index (κ3) is 2.35. The molecular weight excluding hydrogens is 242 g/mol. The first-order valence-corrected chi connectivity index (χ1v) is 7.54. The Hall–Kier alpha value is -1.13. The van der Waals surface area contributed by atoms with Crippen molar-refractivity contribution in [2.75, 3.05) is 11.9 Å².